The maximum Gasteiger partial charge on any atom is 0.123 e. The van der Waals surface area contributed by atoms with Gasteiger partial charge >= 0.3 is 0 Å². The van der Waals surface area contributed by atoms with Gasteiger partial charge < -0.3 is 14.8 Å². The van der Waals surface area contributed by atoms with Crippen LogP contribution in [0.2, 0.25) is 0 Å². The molecule has 0 aromatic heterocycles. The molecule has 0 radical (unpaired) electrons. The van der Waals surface area contributed by atoms with Gasteiger partial charge in [0.05, 0.1) is 13.7 Å². The molecule has 0 heterocycles. The molecule has 0 amide bonds. The fourth-order valence-electron chi connectivity index (χ4n) is 2.08. The molecule has 0 aliphatic heterocycles. The summed E-state index contributed by atoms with van der Waals surface area (Å²) in [6.07, 6.45) is 3.37. The molecule has 0 spiro atoms. The Bertz CT molecular complexity index is 341. The Balaban J connectivity index is 2.40. The van der Waals surface area contributed by atoms with E-state index in [0.29, 0.717) is 6.04 Å². The van der Waals surface area contributed by atoms with Crippen LogP contribution in [0.25, 0.3) is 0 Å². The molecule has 1 N–H and O–H groups in total. The second-order valence-corrected chi connectivity index (χ2v) is 4.62. The van der Waals surface area contributed by atoms with Gasteiger partial charge in [-0.1, -0.05) is 38.5 Å². The lowest BCUT2D eigenvalue weighted by atomic mass is 10.0. The maximum absolute atomic E-state index is 5.57. The molecule has 1 unspecified atom stereocenters. The average molecular weight is 265 g/mol. The normalized spacial score (nSPS) is 12.4. The zero-order valence-electron chi connectivity index (χ0n) is 12.4. The van der Waals surface area contributed by atoms with E-state index in [4.69, 9.17) is 9.47 Å². The summed E-state index contributed by atoms with van der Waals surface area (Å²) in [5.74, 6) is 0.953. The van der Waals surface area contributed by atoms with E-state index in [1.807, 2.05) is 12.1 Å². The van der Waals surface area contributed by atoms with Crippen molar-refractivity contribution in [2.24, 2.45) is 0 Å². The molecular weight excluding hydrogens is 238 g/mol. The lowest BCUT2D eigenvalue weighted by Crippen LogP contribution is -2.25. The number of rotatable bonds is 10. The van der Waals surface area contributed by atoms with E-state index >= 15 is 0 Å². The Morgan fingerprint density at radius 3 is 2.63 bits per heavy atom. The highest BCUT2D eigenvalue weighted by atomic mass is 16.5. The van der Waals surface area contributed by atoms with Gasteiger partial charge in [0, 0.05) is 24.8 Å². The largest absolute Gasteiger partial charge is 0.496 e. The number of unbranched alkanes of at least 4 members (excludes halogenated alkanes) is 1. The first-order chi connectivity index (χ1) is 9.33. The number of hydrogen-bond acceptors (Lipinski definition) is 3. The third-order valence-corrected chi connectivity index (χ3v) is 3.20. The Morgan fingerprint density at radius 2 is 1.95 bits per heavy atom. The van der Waals surface area contributed by atoms with E-state index < -0.39 is 0 Å². The summed E-state index contributed by atoms with van der Waals surface area (Å²) < 4.78 is 11.0. The van der Waals surface area contributed by atoms with Gasteiger partial charge in [0.1, 0.15) is 5.75 Å². The summed E-state index contributed by atoms with van der Waals surface area (Å²) in [5, 5.41) is 3.53. The van der Waals surface area contributed by atoms with Gasteiger partial charge in [-0.05, 0) is 18.9 Å². The van der Waals surface area contributed by atoms with Crippen molar-refractivity contribution in [3.8, 4) is 5.75 Å². The van der Waals surface area contributed by atoms with Crippen molar-refractivity contribution >= 4 is 0 Å². The van der Waals surface area contributed by atoms with Gasteiger partial charge in [-0.25, -0.2) is 0 Å². The monoisotopic (exact) mass is 265 g/mol. The summed E-state index contributed by atoms with van der Waals surface area (Å²) in [4.78, 5) is 0. The number of benzene rings is 1. The van der Waals surface area contributed by atoms with E-state index in [2.05, 4.69) is 31.3 Å². The van der Waals surface area contributed by atoms with Crippen LogP contribution in [0.4, 0.5) is 0 Å². The first-order valence-corrected chi connectivity index (χ1v) is 7.27. The van der Waals surface area contributed by atoms with Crippen molar-refractivity contribution in [1.82, 2.24) is 5.32 Å². The lowest BCUT2D eigenvalue weighted by Gasteiger charge is -2.20. The van der Waals surface area contributed by atoms with E-state index in [9.17, 15) is 0 Å². The maximum atomic E-state index is 5.57. The van der Waals surface area contributed by atoms with Gasteiger partial charge in [-0.2, -0.15) is 0 Å². The van der Waals surface area contributed by atoms with Crippen molar-refractivity contribution in [1.29, 1.82) is 0 Å². The van der Waals surface area contributed by atoms with E-state index in [0.717, 1.165) is 38.3 Å². The highest BCUT2D eigenvalue weighted by Gasteiger charge is 2.12. The van der Waals surface area contributed by atoms with Crippen LogP contribution < -0.4 is 10.1 Å². The number of ether oxygens (including phenoxy) is 2. The fourth-order valence-corrected chi connectivity index (χ4v) is 2.08. The number of para-hydroxylation sites is 1. The summed E-state index contributed by atoms with van der Waals surface area (Å²) >= 11 is 0. The first-order valence-electron chi connectivity index (χ1n) is 7.27. The third kappa shape index (κ3) is 5.62. The minimum absolute atomic E-state index is 0.325. The third-order valence-electron chi connectivity index (χ3n) is 3.20. The van der Waals surface area contributed by atoms with Crippen molar-refractivity contribution in [3.63, 3.8) is 0 Å². The molecule has 108 valence electrons. The predicted octanol–water partition coefficient (Wildman–Crippen LogP) is 3.55. The Labute approximate surface area is 117 Å². The van der Waals surface area contributed by atoms with Crippen molar-refractivity contribution in [2.75, 3.05) is 26.9 Å². The predicted molar refractivity (Wildman–Crippen MR) is 79.8 cm³/mol. The molecule has 0 aliphatic rings. The van der Waals surface area contributed by atoms with Crippen LogP contribution in [0, 0.1) is 0 Å². The second-order valence-electron chi connectivity index (χ2n) is 4.62. The lowest BCUT2D eigenvalue weighted by molar-refractivity contribution is 0.130. The fraction of sp³-hybridized carbons (Fsp3) is 0.625. The molecule has 0 fully saturated rings. The highest BCUT2D eigenvalue weighted by molar-refractivity contribution is 5.35. The molecule has 1 atom stereocenters. The molecule has 0 aliphatic carbocycles. The summed E-state index contributed by atoms with van der Waals surface area (Å²) in [5.41, 5.74) is 1.22. The van der Waals surface area contributed by atoms with Gasteiger partial charge in [-0.15, -0.1) is 0 Å². The van der Waals surface area contributed by atoms with Crippen LogP contribution in [0.1, 0.15) is 44.7 Å². The average Bonchev–Trinajstić information content (AvgIpc) is 2.47. The number of nitrogens with one attached hydrogen (secondary N) is 1. The molecule has 1 aromatic rings. The molecule has 3 nitrogen and oxygen atoms in total. The molecule has 0 bridgehead atoms. The minimum Gasteiger partial charge on any atom is -0.496 e. The zero-order chi connectivity index (χ0) is 13.9. The second kappa shape index (κ2) is 9.82. The van der Waals surface area contributed by atoms with E-state index in [1.54, 1.807) is 7.11 Å². The Morgan fingerprint density at radius 1 is 1.16 bits per heavy atom. The Hall–Kier alpha value is -1.06. The van der Waals surface area contributed by atoms with Crippen molar-refractivity contribution in [3.05, 3.63) is 29.8 Å². The summed E-state index contributed by atoms with van der Waals surface area (Å²) in [6, 6.07) is 8.52. The SMILES string of the molecule is CCCCOCCNC(CC)c1ccccc1OC. The van der Waals surface area contributed by atoms with Gasteiger partial charge in [0.2, 0.25) is 0 Å². The Kier molecular flexibility index (Phi) is 8.26. The first kappa shape index (κ1) is 16.0. The van der Waals surface area contributed by atoms with Gasteiger partial charge in [-0.3, -0.25) is 0 Å². The molecular formula is C16H27NO2. The molecule has 3 heteroatoms. The van der Waals surface area contributed by atoms with Crippen LogP contribution in [-0.4, -0.2) is 26.9 Å². The number of methoxy groups -OCH3 is 1. The molecule has 19 heavy (non-hydrogen) atoms. The van der Waals surface area contributed by atoms with Crippen LogP contribution >= 0.6 is 0 Å². The molecule has 1 aromatic carbocycles. The van der Waals surface area contributed by atoms with Gasteiger partial charge in [0.25, 0.3) is 0 Å². The van der Waals surface area contributed by atoms with Crippen LogP contribution in [0.3, 0.4) is 0 Å². The van der Waals surface area contributed by atoms with E-state index in [1.165, 1.54) is 12.0 Å². The van der Waals surface area contributed by atoms with Crippen LogP contribution in [0.5, 0.6) is 5.75 Å². The number of hydrogen-bond donors (Lipinski definition) is 1. The smallest absolute Gasteiger partial charge is 0.123 e. The molecule has 0 saturated heterocycles. The van der Waals surface area contributed by atoms with Crippen molar-refractivity contribution < 1.29 is 9.47 Å². The van der Waals surface area contributed by atoms with Gasteiger partial charge in [0.15, 0.2) is 0 Å². The molecule has 0 saturated carbocycles. The quantitative estimate of drug-likeness (QED) is 0.656. The minimum atomic E-state index is 0.325. The standard InChI is InChI=1S/C16H27NO2/c1-4-6-12-19-13-11-17-15(5-2)14-9-7-8-10-16(14)18-3/h7-10,15,17H,4-6,11-13H2,1-3H3. The van der Waals surface area contributed by atoms with Crippen LogP contribution in [-0.2, 0) is 4.74 Å². The molecule has 1 rings (SSSR count). The zero-order valence-corrected chi connectivity index (χ0v) is 12.4. The summed E-state index contributed by atoms with van der Waals surface area (Å²) in [7, 11) is 1.72. The van der Waals surface area contributed by atoms with Crippen LogP contribution in [0.15, 0.2) is 24.3 Å². The van der Waals surface area contributed by atoms with E-state index in [-0.39, 0.29) is 0 Å². The van der Waals surface area contributed by atoms with Crippen molar-refractivity contribution in [2.45, 2.75) is 39.2 Å². The summed E-state index contributed by atoms with van der Waals surface area (Å²) in [6.45, 7) is 6.87. The highest BCUT2D eigenvalue weighted by Crippen LogP contribution is 2.26. The topological polar surface area (TPSA) is 30.5 Å².